The van der Waals surface area contributed by atoms with Crippen LogP contribution in [0.1, 0.15) is 33.3 Å². The molecule has 0 bridgehead atoms. The molecule has 1 unspecified atom stereocenters. The fourth-order valence-electron chi connectivity index (χ4n) is 1.44. The van der Waals surface area contributed by atoms with Crippen molar-refractivity contribution in [2.24, 2.45) is 5.92 Å². The van der Waals surface area contributed by atoms with Gasteiger partial charge >= 0.3 is 0 Å². The lowest BCUT2D eigenvalue weighted by molar-refractivity contribution is 0.244. The molecule has 1 aromatic rings. The van der Waals surface area contributed by atoms with Crippen LogP contribution >= 0.6 is 0 Å². The summed E-state index contributed by atoms with van der Waals surface area (Å²) in [4.78, 5) is 0. The zero-order chi connectivity index (χ0) is 12.2. The molecule has 2 N–H and O–H groups in total. The van der Waals surface area contributed by atoms with E-state index in [1.807, 2.05) is 6.92 Å². The predicted molar refractivity (Wildman–Crippen MR) is 69.9 cm³/mol. The van der Waals surface area contributed by atoms with Gasteiger partial charge in [0.05, 0.1) is 0 Å². The van der Waals surface area contributed by atoms with Crippen molar-refractivity contribution in [3.63, 3.8) is 0 Å². The van der Waals surface area contributed by atoms with Crippen LogP contribution in [0.5, 0.6) is 0 Å². The number of benzene rings is 1. The van der Waals surface area contributed by atoms with Crippen LogP contribution in [0.25, 0.3) is 0 Å². The first-order valence-electron chi connectivity index (χ1n) is 5.88. The van der Waals surface area contributed by atoms with Gasteiger partial charge in [-0.15, -0.1) is 0 Å². The van der Waals surface area contributed by atoms with Crippen LogP contribution in [0.2, 0.25) is 0 Å². The minimum atomic E-state index is 0.205. The molecule has 0 aliphatic heterocycles. The minimum Gasteiger partial charge on any atom is -0.396 e. The van der Waals surface area contributed by atoms with E-state index in [4.69, 9.17) is 5.11 Å². The Bertz CT molecular complexity index is 311. The van der Waals surface area contributed by atoms with Crippen molar-refractivity contribution in [2.45, 2.75) is 33.1 Å². The van der Waals surface area contributed by atoms with Crippen LogP contribution in [-0.2, 0) is 5.41 Å². The average Bonchev–Trinajstić information content (AvgIpc) is 2.25. The first-order valence-corrected chi connectivity index (χ1v) is 5.88. The van der Waals surface area contributed by atoms with Crippen molar-refractivity contribution >= 4 is 5.69 Å². The Kier molecular flexibility index (Phi) is 4.36. The molecule has 90 valence electrons. The first kappa shape index (κ1) is 13.0. The van der Waals surface area contributed by atoms with Crippen LogP contribution in [0.3, 0.4) is 0 Å². The van der Waals surface area contributed by atoms with E-state index in [9.17, 15) is 0 Å². The molecule has 0 aliphatic carbocycles. The highest BCUT2D eigenvalue weighted by atomic mass is 16.3. The standard InChI is InChI=1S/C14H23NO/c1-11(10-16)9-15-13-7-5-12(6-8-13)14(2,3)4/h5-8,11,15-16H,9-10H2,1-4H3. The van der Waals surface area contributed by atoms with Crippen LogP contribution in [0.4, 0.5) is 5.69 Å². The van der Waals surface area contributed by atoms with E-state index >= 15 is 0 Å². The Morgan fingerprint density at radius 1 is 1.19 bits per heavy atom. The summed E-state index contributed by atoms with van der Waals surface area (Å²) < 4.78 is 0. The van der Waals surface area contributed by atoms with E-state index in [0.29, 0.717) is 5.92 Å². The van der Waals surface area contributed by atoms with Crippen molar-refractivity contribution in [3.8, 4) is 0 Å². The third-order valence-corrected chi connectivity index (χ3v) is 2.72. The molecule has 2 heteroatoms. The van der Waals surface area contributed by atoms with E-state index in [1.54, 1.807) is 0 Å². The lowest BCUT2D eigenvalue weighted by atomic mass is 9.87. The highest BCUT2D eigenvalue weighted by Gasteiger charge is 2.12. The predicted octanol–water partition coefficient (Wildman–Crippen LogP) is 3.02. The maximum absolute atomic E-state index is 8.92. The van der Waals surface area contributed by atoms with Crippen LogP contribution < -0.4 is 5.32 Å². The molecule has 0 heterocycles. The maximum Gasteiger partial charge on any atom is 0.0473 e. The molecule has 0 saturated carbocycles. The second-order valence-electron chi connectivity index (χ2n) is 5.50. The van der Waals surface area contributed by atoms with Gasteiger partial charge in [0.25, 0.3) is 0 Å². The first-order chi connectivity index (χ1) is 7.43. The molecule has 0 radical (unpaired) electrons. The Labute approximate surface area is 98.7 Å². The maximum atomic E-state index is 8.92. The van der Waals surface area contributed by atoms with Crippen LogP contribution in [0.15, 0.2) is 24.3 Å². The fraction of sp³-hybridized carbons (Fsp3) is 0.571. The molecule has 0 aromatic heterocycles. The van der Waals surface area contributed by atoms with Gasteiger partial charge in [-0.3, -0.25) is 0 Å². The molecule has 1 atom stereocenters. The van der Waals surface area contributed by atoms with Crippen LogP contribution in [0, 0.1) is 5.92 Å². The number of rotatable bonds is 4. The summed E-state index contributed by atoms with van der Waals surface area (Å²) in [5.41, 5.74) is 2.67. The molecule has 0 amide bonds. The summed E-state index contributed by atoms with van der Waals surface area (Å²) >= 11 is 0. The summed E-state index contributed by atoms with van der Waals surface area (Å²) in [6.45, 7) is 9.70. The monoisotopic (exact) mass is 221 g/mol. The van der Waals surface area contributed by atoms with Crippen molar-refractivity contribution in [2.75, 3.05) is 18.5 Å². The molecule has 2 nitrogen and oxygen atoms in total. The zero-order valence-corrected chi connectivity index (χ0v) is 10.7. The van der Waals surface area contributed by atoms with Crippen molar-refractivity contribution in [1.29, 1.82) is 0 Å². The average molecular weight is 221 g/mol. The molecule has 0 fully saturated rings. The van der Waals surface area contributed by atoms with E-state index in [2.05, 4.69) is 50.4 Å². The van der Waals surface area contributed by atoms with Gasteiger partial charge in [0.1, 0.15) is 0 Å². The molecule has 0 saturated heterocycles. The largest absolute Gasteiger partial charge is 0.396 e. The zero-order valence-electron chi connectivity index (χ0n) is 10.7. The third kappa shape index (κ3) is 3.86. The number of aliphatic hydroxyl groups excluding tert-OH is 1. The van der Waals surface area contributed by atoms with Gasteiger partial charge in [-0.2, -0.15) is 0 Å². The van der Waals surface area contributed by atoms with Gasteiger partial charge in [-0.25, -0.2) is 0 Å². The highest BCUT2D eigenvalue weighted by molar-refractivity contribution is 5.45. The molecule has 0 aliphatic rings. The molecule has 1 aromatic carbocycles. The Hall–Kier alpha value is -1.02. The second-order valence-corrected chi connectivity index (χ2v) is 5.50. The Balaban J connectivity index is 2.58. The summed E-state index contributed by atoms with van der Waals surface area (Å²) in [7, 11) is 0. The summed E-state index contributed by atoms with van der Waals surface area (Å²) in [6.07, 6.45) is 0. The van der Waals surface area contributed by atoms with Gasteiger partial charge in [0, 0.05) is 18.8 Å². The lowest BCUT2D eigenvalue weighted by Gasteiger charge is -2.19. The van der Waals surface area contributed by atoms with Gasteiger partial charge in [0.2, 0.25) is 0 Å². The van der Waals surface area contributed by atoms with Gasteiger partial charge < -0.3 is 10.4 Å². The fourth-order valence-corrected chi connectivity index (χ4v) is 1.44. The second kappa shape index (κ2) is 5.35. The van der Waals surface area contributed by atoms with Gasteiger partial charge in [0.15, 0.2) is 0 Å². The molecule has 1 rings (SSSR count). The van der Waals surface area contributed by atoms with E-state index in [1.165, 1.54) is 5.56 Å². The Morgan fingerprint density at radius 3 is 2.19 bits per heavy atom. The van der Waals surface area contributed by atoms with E-state index < -0.39 is 0 Å². The van der Waals surface area contributed by atoms with Crippen LogP contribution in [-0.4, -0.2) is 18.3 Å². The van der Waals surface area contributed by atoms with E-state index in [0.717, 1.165) is 12.2 Å². The topological polar surface area (TPSA) is 32.3 Å². The number of aliphatic hydroxyl groups is 1. The molecule has 16 heavy (non-hydrogen) atoms. The minimum absolute atomic E-state index is 0.205. The third-order valence-electron chi connectivity index (χ3n) is 2.72. The summed E-state index contributed by atoms with van der Waals surface area (Å²) in [5.74, 6) is 0.294. The molecular formula is C14H23NO. The van der Waals surface area contributed by atoms with Crippen molar-refractivity contribution in [3.05, 3.63) is 29.8 Å². The quantitative estimate of drug-likeness (QED) is 0.819. The van der Waals surface area contributed by atoms with Crippen molar-refractivity contribution < 1.29 is 5.11 Å². The van der Waals surface area contributed by atoms with E-state index in [-0.39, 0.29) is 12.0 Å². The highest BCUT2D eigenvalue weighted by Crippen LogP contribution is 2.23. The molecule has 0 spiro atoms. The Morgan fingerprint density at radius 2 is 1.75 bits per heavy atom. The normalized spacial score (nSPS) is 13.6. The number of nitrogens with one attached hydrogen (secondary N) is 1. The number of anilines is 1. The van der Waals surface area contributed by atoms with Gasteiger partial charge in [-0.05, 0) is 29.0 Å². The number of hydrogen-bond donors (Lipinski definition) is 2. The van der Waals surface area contributed by atoms with Gasteiger partial charge in [-0.1, -0.05) is 39.8 Å². The summed E-state index contributed by atoms with van der Waals surface area (Å²) in [5, 5.41) is 12.2. The van der Waals surface area contributed by atoms with Crippen molar-refractivity contribution in [1.82, 2.24) is 0 Å². The SMILES string of the molecule is CC(CO)CNc1ccc(C(C)(C)C)cc1. The number of hydrogen-bond acceptors (Lipinski definition) is 2. The summed E-state index contributed by atoms with van der Waals surface area (Å²) in [6, 6.07) is 8.52. The lowest BCUT2D eigenvalue weighted by Crippen LogP contribution is -2.15. The molecular weight excluding hydrogens is 198 g/mol. The smallest absolute Gasteiger partial charge is 0.0473 e.